The van der Waals surface area contributed by atoms with Gasteiger partial charge in [-0.25, -0.2) is 9.97 Å². The van der Waals surface area contributed by atoms with Gasteiger partial charge in [-0.3, -0.25) is 0 Å². The van der Waals surface area contributed by atoms with Gasteiger partial charge in [0.05, 0.1) is 11.6 Å². The predicted octanol–water partition coefficient (Wildman–Crippen LogP) is 2.60. The Morgan fingerprint density at radius 2 is 2.14 bits per heavy atom. The molecule has 1 aliphatic carbocycles. The highest BCUT2D eigenvalue weighted by molar-refractivity contribution is 5.90. The van der Waals surface area contributed by atoms with Crippen LogP contribution in [0, 0.1) is 5.92 Å². The lowest BCUT2D eigenvalue weighted by Crippen LogP contribution is -2.16. The van der Waals surface area contributed by atoms with Crippen LogP contribution < -0.4 is 5.73 Å². The van der Waals surface area contributed by atoms with E-state index in [1.165, 1.54) is 11.9 Å². The molecule has 2 aromatic heterocycles. The first kappa shape index (κ1) is 13.1. The van der Waals surface area contributed by atoms with Crippen LogP contribution in [0.4, 0.5) is 5.82 Å². The van der Waals surface area contributed by atoms with Crippen LogP contribution in [0.15, 0.2) is 48.7 Å². The zero-order valence-electron chi connectivity index (χ0n) is 12.4. The van der Waals surface area contributed by atoms with E-state index in [4.69, 9.17) is 10.5 Å². The van der Waals surface area contributed by atoms with Crippen LogP contribution in [0.1, 0.15) is 12.5 Å². The molecule has 2 N–H and O–H groups in total. The molecule has 0 amide bonds. The Bertz CT molecular complexity index is 815. The summed E-state index contributed by atoms with van der Waals surface area (Å²) in [6, 6.07) is 0. The maximum absolute atomic E-state index is 6.09. The van der Waals surface area contributed by atoms with E-state index in [0.29, 0.717) is 11.7 Å². The maximum atomic E-state index is 6.09. The number of nitrogens with zero attached hydrogens (tertiary/aromatic N) is 3. The fourth-order valence-corrected chi connectivity index (χ4v) is 3.28. The number of ether oxygens (including phenoxy) is 1. The van der Waals surface area contributed by atoms with Crippen LogP contribution in [0.25, 0.3) is 11.0 Å². The van der Waals surface area contributed by atoms with Crippen LogP contribution in [0.5, 0.6) is 0 Å². The molecule has 0 saturated heterocycles. The number of rotatable bonds is 3. The summed E-state index contributed by atoms with van der Waals surface area (Å²) in [5.41, 5.74) is 9.42. The molecule has 22 heavy (non-hydrogen) atoms. The number of allylic oxidation sites excluding steroid dienone is 2. The minimum atomic E-state index is 0.133. The molecule has 1 aliphatic heterocycles. The van der Waals surface area contributed by atoms with Gasteiger partial charge in [-0.05, 0) is 30.6 Å². The molecular weight excluding hydrogens is 276 g/mol. The quantitative estimate of drug-likeness (QED) is 0.945. The van der Waals surface area contributed by atoms with Gasteiger partial charge < -0.3 is 15.0 Å². The zero-order chi connectivity index (χ0) is 15.1. The van der Waals surface area contributed by atoms with Crippen molar-refractivity contribution in [2.24, 2.45) is 5.92 Å². The summed E-state index contributed by atoms with van der Waals surface area (Å²) >= 11 is 0. The number of aryl methyl sites for hydroxylation is 1. The van der Waals surface area contributed by atoms with E-state index in [1.807, 2.05) is 12.3 Å². The average molecular weight is 294 g/mol. The minimum Gasteiger partial charge on any atom is -0.493 e. The van der Waals surface area contributed by atoms with E-state index in [1.54, 1.807) is 0 Å². The first-order valence-electron chi connectivity index (χ1n) is 7.55. The second-order valence-electron chi connectivity index (χ2n) is 5.66. The van der Waals surface area contributed by atoms with Gasteiger partial charge in [-0.2, -0.15) is 0 Å². The van der Waals surface area contributed by atoms with Gasteiger partial charge >= 0.3 is 0 Å². The molecule has 0 radical (unpaired) electrons. The molecular formula is C17H18N4O. The number of nitrogen functional groups attached to an aromatic ring is 1. The van der Waals surface area contributed by atoms with E-state index in [-0.39, 0.29) is 6.10 Å². The highest BCUT2D eigenvalue weighted by Gasteiger charge is 2.29. The number of anilines is 1. The lowest BCUT2D eigenvalue weighted by atomic mass is 9.88. The van der Waals surface area contributed by atoms with Gasteiger partial charge in [-0.15, -0.1) is 0 Å². The zero-order valence-corrected chi connectivity index (χ0v) is 12.4. The summed E-state index contributed by atoms with van der Waals surface area (Å²) in [5, 5.41) is 0.962. The Morgan fingerprint density at radius 1 is 1.27 bits per heavy atom. The van der Waals surface area contributed by atoms with Crippen molar-refractivity contribution in [1.29, 1.82) is 0 Å². The Balaban J connectivity index is 1.73. The number of aromatic nitrogens is 3. The SMILES string of the molecule is CCn1cc(CC2=COC3C=CC=CC23)c2c(N)ncnc21. The molecule has 5 nitrogen and oxygen atoms in total. The van der Waals surface area contributed by atoms with Crippen LogP contribution in [-0.2, 0) is 17.7 Å². The molecule has 0 spiro atoms. The average Bonchev–Trinajstić information content (AvgIpc) is 3.11. The van der Waals surface area contributed by atoms with Crippen molar-refractivity contribution < 1.29 is 4.74 Å². The Labute approximate surface area is 128 Å². The van der Waals surface area contributed by atoms with Crippen molar-refractivity contribution in [1.82, 2.24) is 14.5 Å². The van der Waals surface area contributed by atoms with Gasteiger partial charge in [0, 0.05) is 18.7 Å². The maximum Gasteiger partial charge on any atom is 0.145 e. The predicted molar refractivity (Wildman–Crippen MR) is 86.0 cm³/mol. The second kappa shape index (κ2) is 5.02. The molecule has 2 atom stereocenters. The van der Waals surface area contributed by atoms with E-state index >= 15 is 0 Å². The molecule has 2 unspecified atom stereocenters. The highest BCUT2D eigenvalue weighted by Crippen LogP contribution is 2.34. The fourth-order valence-electron chi connectivity index (χ4n) is 3.28. The largest absolute Gasteiger partial charge is 0.493 e. The van der Waals surface area contributed by atoms with Crippen molar-refractivity contribution in [3.8, 4) is 0 Å². The number of fused-ring (bicyclic) bond motifs is 2. The first-order chi connectivity index (χ1) is 10.8. The molecule has 3 heterocycles. The monoisotopic (exact) mass is 294 g/mol. The second-order valence-corrected chi connectivity index (χ2v) is 5.66. The van der Waals surface area contributed by atoms with Crippen LogP contribution in [-0.4, -0.2) is 20.6 Å². The van der Waals surface area contributed by atoms with E-state index in [2.05, 4.69) is 45.9 Å². The van der Waals surface area contributed by atoms with Gasteiger partial charge in [0.25, 0.3) is 0 Å². The summed E-state index contributed by atoms with van der Waals surface area (Å²) in [6.45, 7) is 2.96. The van der Waals surface area contributed by atoms with Crippen molar-refractivity contribution >= 4 is 16.9 Å². The number of nitrogens with two attached hydrogens (primary N) is 1. The molecule has 0 fully saturated rings. The molecule has 5 heteroatoms. The van der Waals surface area contributed by atoms with Crippen molar-refractivity contribution in [3.05, 3.63) is 54.2 Å². The van der Waals surface area contributed by atoms with Crippen molar-refractivity contribution in [2.45, 2.75) is 26.0 Å². The van der Waals surface area contributed by atoms with E-state index in [0.717, 1.165) is 29.6 Å². The molecule has 0 bridgehead atoms. The number of hydrogen-bond acceptors (Lipinski definition) is 4. The van der Waals surface area contributed by atoms with E-state index in [9.17, 15) is 0 Å². The topological polar surface area (TPSA) is 66.0 Å². The van der Waals surface area contributed by atoms with Gasteiger partial charge in [0.2, 0.25) is 0 Å². The minimum absolute atomic E-state index is 0.133. The van der Waals surface area contributed by atoms with Crippen molar-refractivity contribution in [3.63, 3.8) is 0 Å². The molecule has 4 rings (SSSR count). The third-order valence-corrected chi connectivity index (χ3v) is 4.39. The number of hydrogen-bond donors (Lipinski definition) is 1. The summed E-state index contributed by atoms with van der Waals surface area (Å²) in [4.78, 5) is 8.53. The lowest BCUT2D eigenvalue weighted by molar-refractivity contribution is 0.192. The van der Waals surface area contributed by atoms with Gasteiger partial charge in [0.1, 0.15) is 23.9 Å². The highest BCUT2D eigenvalue weighted by atomic mass is 16.5. The Morgan fingerprint density at radius 3 is 3.00 bits per heavy atom. The lowest BCUT2D eigenvalue weighted by Gasteiger charge is -2.17. The molecule has 0 aromatic carbocycles. The molecule has 0 saturated carbocycles. The third kappa shape index (κ3) is 1.93. The molecule has 112 valence electrons. The summed E-state index contributed by atoms with van der Waals surface area (Å²) in [6.07, 6.45) is 14.9. The van der Waals surface area contributed by atoms with E-state index < -0.39 is 0 Å². The van der Waals surface area contributed by atoms with Crippen LogP contribution in [0.3, 0.4) is 0 Å². The van der Waals surface area contributed by atoms with Gasteiger partial charge in [0.15, 0.2) is 0 Å². The first-order valence-corrected chi connectivity index (χ1v) is 7.55. The van der Waals surface area contributed by atoms with Crippen LogP contribution in [0.2, 0.25) is 0 Å². The summed E-state index contributed by atoms with van der Waals surface area (Å²) in [7, 11) is 0. The van der Waals surface area contributed by atoms with Gasteiger partial charge in [-0.1, -0.05) is 18.2 Å². The summed E-state index contributed by atoms with van der Waals surface area (Å²) in [5.74, 6) is 0.859. The standard InChI is InChI=1S/C17H18N4O/c1-2-21-8-11(15-16(18)19-10-20-17(15)21)7-12-9-22-14-6-4-3-5-13(12)14/h3-6,8-10,13-14H,2,7H2,1H3,(H2,18,19,20). The molecule has 2 aliphatic rings. The third-order valence-electron chi connectivity index (χ3n) is 4.39. The normalized spacial score (nSPS) is 22.7. The Hall–Kier alpha value is -2.56. The smallest absolute Gasteiger partial charge is 0.145 e. The van der Waals surface area contributed by atoms with Crippen LogP contribution >= 0.6 is 0 Å². The summed E-state index contributed by atoms with van der Waals surface area (Å²) < 4.78 is 7.87. The Kier molecular flexibility index (Phi) is 2.99. The molecule has 2 aromatic rings. The van der Waals surface area contributed by atoms with Crippen molar-refractivity contribution in [2.75, 3.05) is 5.73 Å². The fraction of sp³-hybridized carbons (Fsp3) is 0.294.